The summed E-state index contributed by atoms with van der Waals surface area (Å²) in [7, 11) is -1.96. The van der Waals surface area contributed by atoms with E-state index in [9.17, 15) is 8.42 Å². The molecule has 0 spiro atoms. The SMILES string of the molecule is COc1ccc(S(=O)(=O)NC(C)C2CCCO2)cc1. The summed E-state index contributed by atoms with van der Waals surface area (Å²) in [5, 5.41) is 0. The first-order valence-electron chi connectivity index (χ1n) is 6.31. The lowest BCUT2D eigenvalue weighted by Gasteiger charge is -2.20. The predicted molar refractivity (Wildman–Crippen MR) is 71.8 cm³/mol. The Labute approximate surface area is 114 Å². The molecule has 1 fully saturated rings. The minimum atomic E-state index is -3.51. The predicted octanol–water partition coefficient (Wildman–Crippen LogP) is 1.54. The number of benzene rings is 1. The monoisotopic (exact) mass is 285 g/mol. The molecule has 6 heteroatoms. The van der Waals surface area contributed by atoms with Gasteiger partial charge in [-0.2, -0.15) is 0 Å². The summed E-state index contributed by atoms with van der Waals surface area (Å²) < 4.78 is 37.5. The molecule has 0 amide bonds. The van der Waals surface area contributed by atoms with Crippen LogP contribution in [-0.4, -0.2) is 34.3 Å². The first-order chi connectivity index (χ1) is 9.03. The fraction of sp³-hybridized carbons (Fsp3) is 0.538. The van der Waals surface area contributed by atoms with Gasteiger partial charge in [0.25, 0.3) is 0 Å². The third kappa shape index (κ3) is 3.46. The van der Waals surface area contributed by atoms with Crippen molar-refractivity contribution < 1.29 is 17.9 Å². The molecule has 5 nitrogen and oxygen atoms in total. The van der Waals surface area contributed by atoms with Gasteiger partial charge in [-0.3, -0.25) is 0 Å². The van der Waals surface area contributed by atoms with Gasteiger partial charge < -0.3 is 9.47 Å². The molecule has 0 bridgehead atoms. The highest BCUT2D eigenvalue weighted by atomic mass is 32.2. The van der Waals surface area contributed by atoms with Crippen LogP contribution in [0.4, 0.5) is 0 Å². The maximum absolute atomic E-state index is 12.2. The van der Waals surface area contributed by atoms with E-state index in [1.165, 1.54) is 12.1 Å². The first kappa shape index (κ1) is 14.3. The Hall–Kier alpha value is -1.11. The van der Waals surface area contributed by atoms with Crippen molar-refractivity contribution in [3.63, 3.8) is 0 Å². The van der Waals surface area contributed by atoms with Crippen LogP contribution in [-0.2, 0) is 14.8 Å². The zero-order valence-corrected chi connectivity index (χ0v) is 11.9. The highest BCUT2D eigenvalue weighted by Gasteiger charge is 2.26. The Morgan fingerprint density at radius 2 is 2.05 bits per heavy atom. The summed E-state index contributed by atoms with van der Waals surface area (Å²) in [5.74, 6) is 0.631. The van der Waals surface area contributed by atoms with E-state index in [4.69, 9.17) is 9.47 Å². The Bertz CT molecular complexity index is 506. The Kier molecular flexibility index (Phi) is 4.44. The molecule has 0 aromatic heterocycles. The van der Waals surface area contributed by atoms with Crippen LogP contribution in [0.5, 0.6) is 5.75 Å². The average Bonchev–Trinajstić information content (AvgIpc) is 2.92. The van der Waals surface area contributed by atoms with E-state index < -0.39 is 10.0 Å². The second-order valence-corrected chi connectivity index (χ2v) is 6.35. The van der Waals surface area contributed by atoms with Crippen LogP contribution >= 0.6 is 0 Å². The van der Waals surface area contributed by atoms with Gasteiger partial charge in [0.05, 0.1) is 18.1 Å². The van der Waals surface area contributed by atoms with E-state index in [1.807, 2.05) is 6.92 Å². The second-order valence-electron chi connectivity index (χ2n) is 4.64. The lowest BCUT2D eigenvalue weighted by molar-refractivity contribution is 0.0902. The van der Waals surface area contributed by atoms with E-state index in [0.717, 1.165) is 12.8 Å². The van der Waals surface area contributed by atoms with Gasteiger partial charge in [-0.25, -0.2) is 13.1 Å². The molecule has 2 rings (SSSR count). The summed E-state index contributed by atoms with van der Waals surface area (Å²) in [6.45, 7) is 2.54. The Morgan fingerprint density at radius 1 is 1.37 bits per heavy atom. The first-order valence-corrected chi connectivity index (χ1v) is 7.79. The summed E-state index contributed by atoms with van der Waals surface area (Å²) in [6, 6.07) is 6.10. The van der Waals surface area contributed by atoms with Crippen molar-refractivity contribution in [3.8, 4) is 5.75 Å². The maximum atomic E-state index is 12.2. The zero-order valence-electron chi connectivity index (χ0n) is 11.1. The van der Waals surface area contributed by atoms with E-state index in [2.05, 4.69) is 4.72 Å². The molecule has 0 saturated carbocycles. The third-order valence-electron chi connectivity index (χ3n) is 3.23. The number of rotatable bonds is 5. The van der Waals surface area contributed by atoms with Crippen molar-refractivity contribution in [2.75, 3.05) is 13.7 Å². The number of nitrogens with one attached hydrogen (secondary N) is 1. The number of ether oxygens (including phenoxy) is 2. The number of methoxy groups -OCH3 is 1. The van der Waals surface area contributed by atoms with Crippen LogP contribution in [0.25, 0.3) is 0 Å². The topological polar surface area (TPSA) is 64.6 Å². The fourth-order valence-electron chi connectivity index (χ4n) is 2.14. The van der Waals surface area contributed by atoms with Crippen LogP contribution < -0.4 is 9.46 Å². The van der Waals surface area contributed by atoms with Crippen molar-refractivity contribution >= 4 is 10.0 Å². The molecule has 0 radical (unpaired) electrons. The van der Waals surface area contributed by atoms with Gasteiger partial charge in [0.2, 0.25) is 10.0 Å². The molecule has 19 heavy (non-hydrogen) atoms. The molecule has 1 aromatic carbocycles. The second kappa shape index (κ2) is 5.90. The Morgan fingerprint density at radius 3 is 2.58 bits per heavy atom. The molecule has 1 aliphatic heterocycles. The number of hydrogen-bond acceptors (Lipinski definition) is 4. The maximum Gasteiger partial charge on any atom is 0.240 e. The van der Waals surface area contributed by atoms with Crippen molar-refractivity contribution in [3.05, 3.63) is 24.3 Å². The van der Waals surface area contributed by atoms with Gasteiger partial charge in [-0.05, 0) is 44.0 Å². The third-order valence-corrected chi connectivity index (χ3v) is 4.81. The van der Waals surface area contributed by atoms with Gasteiger partial charge in [0.15, 0.2) is 0 Å². The van der Waals surface area contributed by atoms with E-state index in [1.54, 1.807) is 19.2 Å². The minimum absolute atomic E-state index is 0.0342. The number of sulfonamides is 1. The summed E-state index contributed by atoms with van der Waals surface area (Å²) in [4.78, 5) is 0.234. The van der Waals surface area contributed by atoms with Gasteiger partial charge >= 0.3 is 0 Å². The van der Waals surface area contributed by atoms with Crippen molar-refractivity contribution in [2.45, 2.75) is 36.8 Å². The molecule has 2 unspecified atom stereocenters. The molecule has 1 saturated heterocycles. The van der Waals surface area contributed by atoms with Gasteiger partial charge in [0.1, 0.15) is 5.75 Å². The lowest BCUT2D eigenvalue weighted by atomic mass is 10.1. The standard InChI is InChI=1S/C13H19NO4S/c1-10(13-4-3-9-18-13)14-19(15,16)12-7-5-11(17-2)6-8-12/h5-8,10,13-14H,3-4,9H2,1-2H3. The lowest BCUT2D eigenvalue weighted by Crippen LogP contribution is -2.40. The van der Waals surface area contributed by atoms with E-state index in [0.29, 0.717) is 12.4 Å². The number of hydrogen-bond donors (Lipinski definition) is 1. The van der Waals surface area contributed by atoms with E-state index in [-0.39, 0.29) is 17.0 Å². The van der Waals surface area contributed by atoms with Crippen LogP contribution in [0.3, 0.4) is 0 Å². The highest BCUT2D eigenvalue weighted by Crippen LogP contribution is 2.19. The molecular weight excluding hydrogens is 266 g/mol. The fourth-order valence-corrected chi connectivity index (χ4v) is 3.41. The molecule has 2 atom stereocenters. The quantitative estimate of drug-likeness (QED) is 0.891. The molecule has 106 valence electrons. The summed E-state index contributed by atoms with van der Waals surface area (Å²) >= 11 is 0. The molecule has 1 heterocycles. The zero-order chi connectivity index (χ0) is 13.9. The van der Waals surface area contributed by atoms with Crippen molar-refractivity contribution in [1.29, 1.82) is 0 Å². The van der Waals surface area contributed by atoms with Crippen LogP contribution in [0.2, 0.25) is 0 Å². The van der Waals surface area contributed by atoms with E-state index >= 15 is 0 Å². The molecule has 0 aliphatic carbocycles. The largest absolute Gasteiger partial charge is 0.497 e. The smallest absolute Gasteiger partial charge is 0.240 e. The molecule has 1 N–H and O–H groups in total. The highest BCUT2D eigenvalue weighted by molar-refractivity contribution is 7.89. The van der Waals surface area contributed by atoms with Crippen molar-refractivity contribution in [2.24, 2.45) is 0 Å². The van der Waals surface area contributed by atoms with Gasteiger partial charge in [0, 0.05) is 12.6 Å². The minimum Gasteiger partial charge on any atom is -0.497 e. The summed E-state index contributed by atoms with van der Waals surface area (Å²) in [6.07, 6.45) is 1.85. The van der Waals surface area contributed by atoms with Crippen LogP contribution in [0, 0.1) is 0 Å². The Balaban J connectivity index is 2.08. The van der Waals surface area contributed by atoms with Crippen molar-refractivity contribution in [1.82, 2.24) is 4.72 Å². The summed E-state index contributed by atoms with van der Waals surface area (Å²) in [5.41, 5.74) is 0. The van der Waals surface area contributed by atoms with Crippen LogP contribution in [0.1, 0.15) is 19.8 Å². The molecule has 1 aromatic rings. The van der Waals surface area contributed by atoms with Gasteiger partial charge in [-0.1, -0.05) is 0 Å². The molecular formula is C13H19NO4S. The van der Waals surface area contributed by atoms with Gasteiger partial charge in [-0.15, -0.1) is 0 Å². The van der Waals surface area contributed by atoms with Crippen LogP contribution in [0.15, 0.2) is 29.2 Å². The normalized spacial score (nSPS) is 21.3. The molecule has 1 aliphatic rings. The average molecular weight is 285 g/mol.